The number of para-hydroxylation sites is 1. The van der Waals surface area contributed by atoms with Crippen molar-refractivity contribution in [3.05, 3.63) is 168 Å². The van der Waals surface area contributed by atoms with E-state index in [2.05, 4.69) is 169 Å². The number of dihydropyridines is 1. The summed E-state index contributed by atoms with van der Waals surface area (Å²) in [7, 11) is 0. The van der Waals surface area contributed by atoms with Crippen LogP contribution < -0.4 is 15.1 Å². The normalized spacial score (nSPS) is 16.6. The molecule has 0 aliphatic carbocycles. The minimum atomic E-state index is -0.243. The van der Waals surface area contributed by atoms with Crippen LogP contribution in [-0.2, 0) is 5.41 Å². The lowest BCUT2D eigenvalue weighted by Gasteiger charge is -2.36. The molecule has 48 heavy (non-hydrogen) atoms. The van der Waals surface area contributed by atoms with Crippen LogP contribution in [0.2, 0.25) is 0 Å². The monoisotopic (exact) mass is 618 g/mol. The minimum Gasteiger partial charge on any atom is -0.387 e. The van der Waals surface area contributed by atoms with Gasteiger partial charge in [0.1, 0.15) is 0 Å². The predicted octanol–water partition coefficient (Wildman–Crippen LogP) is 10.8. The zero-order chi connectivity index (χ0) is 32.4. The summed E-state index contributed by atoms with van der Waals surface area (Å²) in [5.41, 5.74) is 8.67. The number of benzene rings is 7. The molecule has 230 valence electrons. The van der Waals surface area contributed by atoms with Crippen LogP contribution in [0.5, 0.6) is 0 Å². The maximum atomic E-state index is 9.84. The molecule has 1 unspecified atom stereocenters. The Labute approximate surface area is 280 Å². The van der Waals surface area contributed by atoms with E-state index in [0.717, 1.165) is 29.3 Å². The largest absolute Gasteiger partial charge is 0.387 e. The third kappa shape index (κ3) is 4.14. The first-order valence-electron chi connectivity index (χ1n) is 16.6. The van der Waals surface area contributed by atoms with E-state index in [4.69, 9.17) is 0 Å². The van der Waals surface area contributed by atoms with E-state index in [0.29, 0.717) is 5.56 Å². The Kier molecular flexibility index (Phi) is 6.32. The highest BCUT2D eigenvalue weighted by molar-refractivity contribution is 6.27. The van der Waals surface area contributed by atoms with Gasteiger partial charge in [0.05, 0.1) is 23.4 Å². The summed E-state index contributed by atoms with van der Waals surface area (Å²) in [6.45, 7) is 5.42. The SMILES string of the molecule is CC1(C)c2cc(C#N)ccc2N(c2ccc3ccc4c(N(C5=CCNC=C5)c5ccccc5)ccc5ccc2c3c54)C1c1ccccc1. The van der Waals surface area contributed by atoms with Gasteiger partial charge in [-0.25, -0.2) is 0 Å². The van der Waals surface area contributed by atoms with Crippen LogP contribution in [0.25, 0.3) is 32.3 Å². The van der Waals surface area contributed by atoms with E-state index < -0.39 is 0 Å². The van der Waals surface area contributed by atoms with Gasteiger partial charge < -0.3 is 15.1 Å². The van der Waals surface area contributed by atoms with Crippen molar-refractivity contribution in [2.24, 2.45) is 0 Å². The summed E-state index contributed by atoms with van der Waals surface area (Å²) >= 11 is 0. The molecule has 0 saturated heterocycles. The van der Waals surface area contributed by atoms with Crippen LogP contribution in [0.1, 0.15) is 36.6 Å². The number of nitrogens with zero attached hydrogens (tertiary/aromatic N) is 3. The summed E-state index contributed by atoms with van der Waals surface area (Å²) in [6, 6.07) is 48.4. The van der Waals surface area contributed by atoms with Gasteiger partial charge in [-0.1, -0.05) is 98.8 Å². The fraction of sp³-hybridized carbons (Fsp3) is 0.114. The molecule has 0 radical (unpaired) electrons. The molecular formula is C44H34N4. The van der Waals surface area contributed by atoms with Crippen LogP contribution in [0.15, 0.2) is 151 Å². The average Bonchev–Trinajstić information content (AvgIpc) is 3.37. The fourth-order valence-electron chi connectivity index (χ4n) is 8.20. The summed E-state index contributed by atoms with van der Waals surface area (Å²) in [4.78, 5) is 4.90. The first-order valence-corrected chi connectivity index (χ1v) is 16.6. The van der Waals surface area contributed by atoms with Gasteiger partial charge in [0.2, 0.25) is 0 Å². The average molecular weight is 619 g/mol. The maximum absolute atomic E-state index is 9.84. The van der Waals surface area contributed by atoms with E-state index in [1.54, 1.807) is 0 Å². The molecule has 0 spiro atoms. The van der Waals surface area contributed by atoms with Gasteiger partial charge in [0.15, 0.2) is 0 Å². The van der Waals surface area contributed by atoms with E-state index in [-0.39, 0.29) is 11.5 Å². The zero-order valence-electron chi connectivity index (χ0n) is 27.0. The van der Waals surface area contributed by atoms with Gasteiger partial charge in [0.25, 0.3) is 0 Å². The third-order valence-corrected chi connectivity index (χ3v) is 10.3. The summed E-state index contributed by atoms with van der Waals surface area (Å²) in [6.07, 6.45) is 6.43. The van der Waals surface area contributed by atoms with Crippen LogP contribution in [0.3, 0.4) is 0 Å². The van der Waals surface area contributed by atoms with Crippen LogP contribution in [-0.4, -0.2) is 6.54 Å². The van der Waals surface area contributed by atoms with Gasteiger partial charge in [0, 0.05) is 45.5 Å². The quantitative estimate of drug-likeness (QED) is 0.195. The molecule has 0 bridgehead atoms. The molecule has 0 amide bonds. The molecule has 2 aliphatic rings. The number of rotatable bonds is 5. The summed E-state index contributed by atoms with van der Waals surface area (Å²) in [5, 5.41) is 20.6. The van der Waals surface area contributed by atoms with Crippen molar-refractivity contribution in [3.63, 3.8) is 0 Å². The smallest absolute Gasteiger partial charge is 0.0991 e. The Morgan fingerprint density at radius 1 is 0.750 bits per heavy atom. The third-order valence-electron chi connectivity index (χ3n) is 10.3. The Morgan fingerprint density at radius 3 is 2.15 bits per heavy atom. The fourth-order valence-corrected chi connectivity index (χ4v) is 8.20. The number of nitriles is 1. The van der Waals surface area contributed by atoms with Gasteiger partial charge in [-0.15, -0.1) is 0 Å². The second kappa shape index (κ2) is 10.8. The number of hydrogen-bond donors (Lipinski definition) is 1. The lowest BCUT2D eigenvalue weighted by molar-refractivity contribution is 0.449. The number of hydrogen-bond acceptors (Lipinski definition) is 4. The molecule has 0 aromatic heterocycles. The molecule has 1 N–H and O–H groups in total. The molecule has 7 aromatic carbocycles. The molecule has 2 aliphatic heterocycles. The lowest BCUT2D eigenvalue weighted by Crippen LogP contribution is -2.31. The van der Waals surface area contributed by atoms with Crippen LogP contribution >= 0.6 is 0 Å². The maximum Gasteiger partial charge on any atom is 0.0991 e. The summed E-state index contributed by atoms with van der Waals surface area (Å²) < 4.78 is 0. The molecule has 0 fully saturated rings. The van der Waals surface area contributed by atoms with E-state index in [9.17, 15) is 5.26 Å². The molecule has 1 atom stereocenters. The van der Waals surface area contributed by atoms with Gasteiger partial charge >= 0.3 is 0 Å². The Morgan fingerprint density at radius 2 is 1.42 bits per heavy atom. The second-order valence-corrected chi connectivity index (χ2v) is 13.4. The van der Waals surface area contributed by atoms with Gasteiger partial charge in [-0.05, 0) is 93.5 Å². The molecular weight excluding hydrogens is 585 g/mol. The summed E-state index contributed by atoms with van der Waals surface area (Å²) in [5.74, 6) is 0. The molecule has 2 heterocycles. The van der Waals surface area contributed by atoms with Crippen molar-refractivity contribution in [2.75, 3.05) is 16.3 Å². The van der Waals surface area contributed by atoms with Gasteiger partial charge in [-0.3, -0.25) is 0 Å². The lowest BCUT2D eigenvalue weighted by atomic mass is 9.77. The highest BCUT2D eigenvalue weighted by Gasteiger charge is 2.46. The molecule has 4 heteroatoms. The number of anilines is 4. The van der Waals surface area contributed by atoms with E-state index >= 15 is 0 Å². The Hall–Kier alpha value is -6.05. The topological polar surface area (TPSA) is 42.3 Å². The number of nitrogens with one attached hydrogen (secondary N) is 1. The van der Waals surface area contributed by atoms with Crippen LogP contribution in [0.4, 0.5) is 22.7 Å². The Bertz CT molecular complexity index is 2450. The predicted molar refractivity (Wildman–Crippen MR) is 199 cm³/mol. The first-order chi connectivity index (χ1) is 23.5. The molecule has 9 rings (SSSR count). The van der Waals surface area contributed by atoms with Crippen molar-refractivity contribution in [1.82, 2.24) is 5.32 Å². The van der Waals surface area contributed by atoms with Crippen molar-refractivity contribution in [3.8, 4) is 6.07 Å². The highest BCUT2D eigenvalue weighted by Crippen LogP contribution is 2.57. The molecule has 4 nitrogen and oxygen atoms in total. The van der Waals surface area contributed by atoms with Crippen molar-refractivity contribution >= 4 is 55.1 Å². The molecule has 0 saturated carbocycles. The number of allylic oxidation sites excluding steroid dienone is 1. The van der Waals surface area contributed by atoms with Crippen molar-refractivity contribution in [1.29, 1.82) is 5.26 Å². The highest BCUT2D eigenvalue weighted by atomic mass is 15.2. The standard InChI is InChI=1S/C44H34N4/c1-44(2)37-27-29(28-45)13-20-40(37)48(43(44)32-9-5-3-6-10-32)39-22-17-31-14-18-35-38(21-16-30-15-19-36(39)42(31)41(30)35)47(33-11-7-4-8-12-33)34-23-25-46-26-24-34/h3-25,27,43,46H,26H2,1-2H3. The minimum absolute atomic E-state index is 0.0453. The zero-order valence-corrected chi connectivity index (χ0v) is 27.0. The number of fused-ring (bicyclic) bond motifs is 1. The van der Waals surface area contributed by atoms with Crippen molar-refractivity contribution < 1.29 is 0 Å². The van der Waals surface area contributed by atoms with Gasteiger partial charge in [-0.2, -0.15) is 5.26 Å². The Balaban J connectivity index is 1.31. The van der Waals surface area contributed by atoms with E-state index in [1.807, 2.05) is 12.3 Å². The first kappa shape index (κ1) is 28.2. The second-order valence-electron chi connectivity index (χ2n) is 13.4. The van der Waals surface area contributed by atoms with E-state index in [1.165, 1.54) is 49.1 Å². The molecule has 7 aromatic rings. The van der Waals surface area contributed by atoms with Crippen LogP contribution in [0, 0.1) is 11.3 Å². The van der Waals surface area contributed by atoms with Crippen molar-refractivity contribution in [2.45, 2.75) is 25.3 Å².